The van der Waals surface area contributed by atoms with Crippen LogP contribution in [0.15, 0.2) is 36.7 Å². The molecule has 2 aromatic rings. The van der Waals surface area contributed by atoms with Gasteiger partial charge in [0.05, 0.1) is 0 Å². The van der Waals surface area contributed by atoms with Crippen LogP contribution in [0.3, 0.4) is 0 Å². The van der Waals surface area contributed by atoms with E-state index < -0.39 is 11.6 Å². The minimum Gasteiger partial charge on any atom is -0.367 e. The maximum absolute atomic E-state index is 13.5. The third kappa shape index (κ3) is 2.71. The van der Waals surface area contributed by atoms with Crippen molar-refractivity contribution in [2.45, 2.75) is 19.5 Å². The molecular formula is C13H14F2N2. The summed E-state index contributed by atoms with van der Waals surface area (Å²) in [5.41, 5.74) is 1.14. The molecule has 1 heterocycles. The topological polar surface area (TPSA) is 27.8 Å². The number of nitrogens with one attached hydrogen (secondary N) is 2. The van der Waals surface area contributed by atoms with Crippen molar-refractivity contribution in [1.82, 2.24) is 10.3 Å². The van der Waals surface area contributed by atoms with Gasteiger partial charge in [0.25, 0.3) is 0 Å². The monoisotopic (exact) mass is 236 g/mol. The fourth-order valence-electron chi connectivity index (χ4n) is 1.77. The van der Waals surface area contributed by atoms with Crippen LogP contribution in [-0.4, -0.2) is 4.98 Å². The van der Waals surface area contributed by atoms with E-state index in [1.165, 1.54) is 18.2 Å². The molecule has 0 bridgehead atoms. The molecule has 2 nitrogen and oxygen atoms in total. The SMILES string of the molecule is CC(NCc1cc[nH]c1)c1c(F)cccc1F. The van der Waals surface area contributed by atoms with Gasteiger partial charge in [0, 0.05) is 30.5 Å². The van der Waals surface area contributed by atoms with Crippen LogP contribution >= 0.6 is 0 Å². The Morgan fingerprint density at radius 3 is 2.53 bits per heavy atom. The van der Waals surface area contributed by atoms with Gasteiger partial charge in [-0.25, -0.2) is 8.78 Å². The van der Waals surface area contributed by atoms with Gasteiger partial charge in [-0.2, -0.15) is 0 Å². The number of aromatic nitrogens is 1. The Labute approximate surface area is 98.7 Å². The van der Waals surface area contributed by atoms with Crippen molar-refractivity contribution >= 4 is 0 Å². The third-order valence-corrected chi connectivity index (χ3v) is 2.71. The summed E-state index contributed by atoms with van der Waals surface area (Å²) in [6.07, 6.45) is 3.66. The molecule has 0 spiro atoms. The molecule has 0 aliphatic carbocycles. The van der Waals surface area contributed by atoms with Crippen LogP contribution < -0.4 is 5.32 Å². The lowest BCUT2D eigenvalue weighted by Crippen LogP contribution is -2.20. The minimum absolute atomic E-state index is 0.0861. The smallest absolute Gasteiger partial charge is 0.130 e. The van der Waals surface area contributed by atoms with Crippen molar-refractivity contribution in [3.05, 3.63) is 59.4 Å². The van der Waals surface area contributed by atoms with E-state index in [2.05, 4.69) is 10.3 Å². The first-order valence-corrected chi connectivity index (χ1v) is 5.47. The number of aromatic amines is 1. The van der Waals surface area contributed by atoms with Crippen LogP contribution in [0.1, 0.15) is 24.1 Å². The summed E-state index contributed by atoms with van der Waals surface area (Å²) in [5.74, 6) is -1.03. The second kappa shape index (κ2) is 5.10. The lowest BCUT2D eigenvalue weighted by Gasteiger charge is -2.15. The summed E-state index contributed by atoms with van der Waals surface area (Å²) >= 11 is 0. The van der Waals surface area contributed by atoms with E-state index in [1.807, 2.05) is 18.5 Å². The minimum atomic E-state index is -0.515. The lowest BCUT2D eigenvalue weighted by atomic mass is 10.1. The first-order valence-electron chi connectivity index (χ1n) is 5.47. The molecule has 1 aromatic carbocycles. The van der Waals surface area contributed by atoms with E-state index in [4.69, 9.17) is 0 Å². The van der Waals surface area contributed by atoms with Crippen molar-refractivity contribution in [3.63, 3.8) is 0 Å². The Morgan fingerprint density at radius 1 is 1.24 bits per heavy atom. The maximum atomic E-state index is 13.5. The highest BCUT2D eigenvalue weighted by molar-refractivity contribution is 5.23. The number of halogens is 2. The Bertz CT molecular complexity index is 460. The standard InChI is InChI=1S/C13H14F2N2/c1-9(17-8-10-5-6-16-7-10)13-11(14)3-2-4-12(13)15/h2-7,9,16-17H,8H2,1H3. The van der Waals surface area contributed by atoms with Gasteiger partial charge < -0.3 is 10.3 Å². The molecule has 0 aliphatic heterocycles. The highest BCUT2D eigenvalue weighted by Crippen LogP contribution is 2.20. The van der Waals surface area contributed by atoms with E-state index in [9.17, 15) is 8.78 Å². The maximum Gasteiger partial charge on any atom is 0.130 e. The van der Waals surface area contributed by atoms with Crippen LogP contribution in [0.5, 0.6) is 0 Å². The van der Waals surface area contributed by atoms with Crippen LogP contribution in [0.25, 0.3) is 0 Å². The van der Waals surface area contributed by atoms with E-state index in [-0.39, 0.29) is 11.6 Å². The van der Waals surface area contributed by atoms with Gasteiger partial charge in [-0.15, -0.1) is 0 Å². The highest BCUT2D eigenvalue weighted by atomic mass is 19.1. The molecule has 0 amide bonds. The second-order valence-corrected chi connectivity index (χ2v) is 3.96. The summed E-state index contributed by atoms with van der Waals surface area (Å²) < 4.78 is 27.0. The van der Waals surface area contributed by atoms with Gasteiger partial charge in [0.2, 0.25) is 0 Å². The molecule has 0 saturated carbocycles. The molecule has 1 unspecified atom stereocenters. The summed E-state index contributed by atoms with van der Waals surface area (Å²) in [7, 11) is 0. The van der Waals surface area contributed by atoms with E-state index >= 15 is 0 Å². The average molecular weight is 236 g/mol. The van der Waals surface area contributed by atoms with Gasteiger partial charge in [-0.1, -0.05) is 6.07 Å². The normalized spacial score (nSPS) is 12.6. The largest absolute Gasteiger partial charge is 0.367 e. The fourth-order valence-corrected chi connectivity index (χ4v) is 1.77. The molecule has 0 fully saturated rings. The van der Waals surface area contributed by atoms with Crippen molar-refractivity contribution < 1.29 is 8.78 Å². The Hall–Kier alpha value is -1.68. The first-order chi connectivity index (χ1) is 8.18. The second-order valence-electron chi connectivity index (χ2n) is 3.96. The predicted octanol–water partition coefficient (Wildman–Crippen LogP) is 3.14. The predicted molar refractivity (Wildman–Crippen MR) is 62.4 cm³/mol. The number of H-pyrrole nitrogens is 1. The number of hydrogen-bond acceptors (Lipinski definition) is 1. The molecule has 1 aromatic heterocycles. The quantitative estimate of drug-likeness (QED) is 0.838. The molecular weight excluding hydrogens is 222 g/mol. The number of hydrogen-bond donors (Lipinski definition) is 2. The molecule has 17 heavy (non-hydrogen) atoms. The summed E-state index contributed by atoms with van der Waals surface area (Å²) in [4.78, 5) is 2.93. The van der Waals surface area contributed by atoms with Crippen LogP contribution in [0, 0.1) is 11.6 Å². The van der Waals surface area contributed by atoms with E-state index in [0.29, 0.717) is 6.54 Å². The average Bonchev–Trinajstić information content (AvgIpc) is 2.79. The molecule has 4 heteroatoms. The Balaban J connectivity index is 2.07. The van der Waals surface area contributed by atoms with Crippen LogP contribution in [0.4, 0.5) is 8.78 Å². The molecule has 2 N–H and O–H groups in total. The van der Waals surface area contributed by atoms with E-state index in [0.717, 1.165) is 5.56 Å². The zero-order valence-corrected chi connectivity index (χ0v) is 9.50. The molecule has 0 saturated heterocycles. The molecule has 1 atom stereocenters. The van der Waals surface area contributed by atoms with Crippen molar-refractivity contribution in [3.8, 4) is 0 Å². The number of benzene rings is 1. The zero-order chi connectivity index (χ0) is 12.3. The molecule has 0 radical (unpaired) electrons. The summed E-state index contributed by atoms with van der Waals surface area (Å²) in [5, 5.41) is 3.08. The van der Waals surface area contributed by atoms with E-state index in [1.54, 1.807) is 6.92 Å². The molecule has 2 rings (SSSR count). The fraction of sp³-hybridized carbons (Fsp3) is 0.231. The number of rotatable bonds is 4. The van der Waals surface area contributed by atoms with Gasteiger partial charge in [0.1, 0.15) is 11.6 Å². The zero-order valence-electron chi connectivity index (χ0n) is 9.50. The summed E-state index contributed by atoms with van der Waals surface area (Å²) in [6.45, 7) is 2.31. The van der Waals surface area contributed by atoms with Crippen molar-refractivity contribution in [2.24, 2.45) is 0 Å². The Morgan fingerprint density at radius 2 is 1.94 bits per heavy atom. The Kier molecular flexibility index (Phi) is 3.54. The lowest BCUT2D eigenvalue weighted by molar-refractivity contribution is 0.487. The van der Waals surface area contributed by atoms with Crippen LogP contribution in [0.2, 0.25) is 0 Å². The highest BCUT2D eigenvalue weighted by Gasteiger charge is 2.15. The van der Waals surface area contributed by atoms with Gasteiger partial charge in [0.15, 0.2) is 0 Å². The van der Waals surface area contributed by atoms with Crippen molar-refractivity contribution in [2.75, 3.05) is 0 Å². The first kappa shape index (κ1) is 11.8. The van der Waals surface area contributed by atoms with Crippen LogP contribution in [-0.2, 0) is 6.54 Å². The molecule has 0 aliphatic rings. The third-order valence-electron chi connectivity index (χ3n) is 2.71. The van der Waals surface area contributed by atoms with Gasteiger partial charge in [-0.05, 0) is 30.7 Å². The van der Waals surface area contributed by atoms with Crippen molar-refractivity contribution in [1.29, 1.82) is 0 Å². The summed E-state index contributed by atoms with van der Waals surface area (Å²) in [6, 6.07) is 5.45. The van der Waals surface area contributed by atoms with Gasteiger partial charge in [-0.3, -0.25) is 0 Å². The van der Waals surface area contributed by atoms with Gasteiger partial charge >= 0.3 is 0 Å². The molecule has 90 valence electrons.